The summed E-state index contributed by atoms with van der Waals surface area (Å²) in [6, 6.07) is -0.0835. The summed E-state index contributed by atoms with van der Waals surface area (Å²) < 4.78 is 0. The maximum Gasteiger partial charge on any atom is 0.329 e. The highest BCUT2D eigenvalue weighted by Gasteiger charge is 2.50. The van der Waals surface area contributed by atoms with Crippen LogP contribution in [0, 0.1) is 5.41 Å². The van der Waals surface area contributed by atoms with Crippen LogP contribution in [0.15, 0.2) is 0 Å². The van der Waals surface area contributed by atoms with Gasteiger partial charge in [-0.2, -0.15) is 0 Å². The normalized spacial score (nSPS) is 21.7. The third-order valence-corrected chi connectivity index (χ3v) is 4.15. The summed E-state index contributed by atoms with van der Waals surface area (Å²) in [6.45, 7) is 9.54. The molecule has 0 saturated heterocycles. The van der Waals surface area contributed by atoms with Gasteiger partial charge in [0.1, 0.15) is 5.54 Å². The maximum atomic E-state index is 11.8. The Labute approximate surface area is 109 Å². The molecule has 1 saturated carbocycles. The summed E-state index contributed by atoms with van der Waals surface area (Å²) in [5.41, 5.74) is -0.825. The summed E-state index contributed by atoms with van der Waals surface area (Å²) in [4.78, 5) is 25.1. The third kappa shape index (κ3) is 2.68. The predicted molar refractivity (Wildman–Crippen MR) is 70.3 cm³/mol. The first-order valence-corrected chi connectivity index (χ1v) is 6.66. The Bertz CT molecular complexity index is 337. The van der Waals surface area contributed by atoms with Crippen LogP contribution < -0.4 is 0 Å². The molecule has 1 aliphatic carbocycles. The first-order chi connectivity index (χ1) is 8.12. The SMILES string of the molecule is CC(=O)N(C(C)C)C1(C(=O)O)CCC(C)(C)CC1. The van der Waals surface area contributed by atoms with Gasteiger partial charge < -0.3 is 10.0 Å². The maximum absolute atomic E-state index is 11.8. The zero-order chi connectivity index (χ0) is 14.1. The van der Waals surface area contributed by atoms with Crippen LogP contribution in [-0.4, -0.2) is 33.5 Å². The molecule has 1 N–H and O–H groups in total. The fraction of sp³-hybridized carbons (Fsp3) is 0.857. The van der Waals surface area contributed by atoms with Crippen molar-refractivity contribution in [3.63, 3.8) is 0 Å². The van der Waals surface area contributed by atoms with Gasteiger partial charge in [0.2, 0.25) is 5.91 Å². The van der Waals surface area contributed by atoms with Crippen LogP contribution in [0.5, 0.6) is 0 Å². The van der Waals surface area contributed by atoms with Crippen molar-refractivity contribution in [2.24, 2.45) is 5.41 Å². The number of rotatable bonds is 3. The molecule has 0 atom stereocenters. The van der Waals surface area contributed by atoms with Crippen molar-refractivity contribution in [3.05, 3.63) is 0 Å². The minimum absolute atomic E-state index is 0.0835. The van der Waals surface area contributed by atoms with Gasteiger partial charge in [-0.25, -0.2) is 4.79 Å². The van der Waals surface area contributed by atoms with E-state index in [4.69, 9.17) is 0 Å². The lowest BCUT2D eigenvalue weighted by Gasteiger charge is -2.48. The van der Waals surface area contributed by atoms with Crippen molar-refractivity contribution in [2.45, 2.75) is 71.9 Å². The van der Waals surface area contributed by atoms with Gasteiger partial charge in [0.05, 0.1) is 0 Å². The van der Waals surface area contributed by atoms with Crippen molar-refractivity contribution < 1.29 is 14.7 Å². The molecular formula is C14H25NO3. The van der Waals surface area contributed by atoms with E-state index in [1.54, 1.807) is 4.90 Å². The third-order valence-electron chi connectivity index (χ3n) is 4.15. The quantitative estimate of drug-likeness (QED) is 0.843. The molecule has 0 aromatic rings. The van der Waals surface area contributed by atoms with Crippen LogP contribution in [0.1, 0.15) is 60.3 Å². The minimum atomic E-state index is -1.00. The lowest BCUT2D eigenvalue weighted by Crippen LogP contribution is -2.61. The topological polar surface area (TPSA) is 57.6 Å². The average Bonchev–Trinajstić information content (AvgIpc) is 2.19. The first kappa shape index (κ1) is 15.0. The number of carbonyl (C=O) groups is 2. The van der Waals surface area contributed by atoms with E-state index in [0.717, 1.165) is 12.8 Å². The average molecular weight is 255 g/mol. The molecule has 1 amide bonds. The van der Waals surface area contributed by atoms with Gasteiger partial charge in [0.25, 0.3) is 0 Å². The van der Waals surface area contributed by atoms with Gasteiger partial charge in [-0.3, -0.25) is 4.79 Å². The molecule has 0 aromatic carbocycles. The van der Waals surface area contributed by atoms with Gasteiger partial charge in [-0.05, 0) is 44.9 Å². The fourth-order valence-corrected chi connectivity index (χ4v) is 3.06. The zero-order valence-electron chi connectivity index (χ0n) is 12.1. The molecule has 4 heteroatoms. The number of amides is 1. The minimum Gasteiger partial charge on any atom is -0.479 e. The lowest BCUT2D eigenvalue weighted by molar-refractivity contribution is -0.165. The van der Waals surface area contributed by atoms with E-state index in [1.165, 1.54) is 6.92 Å². The largest absolute Gasteiger partial charge is 0.479 e. The molecule has 0 heterocycles. The summed E-state index contributed by atoms with van der Waals surface area (Å²) in [6.07, 6.45) is 2.78. The van der Waals surface area contributed by atoms with E-state index in [2.05, 4.69) is 13.8 Å². The number of nitrogens with zero attached hydrogens (tertiary/aromatic N) is 1. The summed E-state index contributed by atoms with van der Waals surface area (Å²) in [5, 5.41) is 9.63. The summed E-state index contributed by atoms with van der Waals surface area (Å²) >= 11 is 0. The van der Waals surface area contributed by atoms with Crippen LogP contribution in [0.2, 0.25) is 0 Å². The standard InChI is InChI=1S/C14H25NO3/c1-10(2)15(11(3)16)14(12(17)18)8-6-13(4,5)7-9-14/h10H,6-9H2,1-5H3,(H,17,18). The molecule has 0 spiro atoms. The number of carboxylic acids is 1. The Balaban J connectivity index is 3.09. The van der Waals surface area contributed by atoms with E-state index >= 15 is 0 Å². The Hall–Kier alpha value is -1.06. The molecule has 0 bridgehead atoms. The Morgan fingerprint density at radius 3 is 1.83 bits per heavy atom. The molecule has 0 aliphatic heterocycles. The lowest BCUT2D eigenvalue weighted by atomic mass is 9.68. The van der Waals surface area contributed by atoms with Crippen LogP contribution in [0.25, 0.3) is 0 Å². The second kappa shape index (κ2) is 4.90. The van der Waals surface area contributed by atoms with Crippen LogP contribution in [0.4, 0.5) is 0 Å². The molecule has 104 valence electrons. The molecule has 1 fully saturated rings. The molecule has 1 aliphatic rings. The van der Waals surface area contributed by atoms with Crippen molar-refractivity contribution in [3.8, 4) is 0 Å². The number of carbonyl (C=O) groups excluding carboxylic acids is 1. The van der Waals surface area contributed by atoms with Crippen molar-refractivity contribution >= 4 is 11.9 Å². The monoisotopic (exact) mass is 255 g/mol. The van der Waals surface area contributed by atoms with Gasteiger partial charge in [-0.1, -0.05) is 13.8 Å². The molecular weight excluding hydrogens is 230 g/mol. The Morgan fingerprint density at radius 2 is 1.56 bits per heavy atom. The first-order valence-electron chi connectivity index (χ1n) is 6.66. The molecule has 0 unspecified atom stereocenters. The molecule has 1 rings (SSSR count). The smallest absolute Gasteiger partial charge is 0.329 e. The highest BCUT2D eigenvalue weighted by molar-refractivity contribution is 5.86. The van der Waals surface area contributed by atoms with Crippen LogP contribution in [0.3, 0.4) is 0 Å². The number of hydrogen-bond donors (Lipinski definition) is 1. The predicted octanol–water partition coefficient (Wildman–Crippen LogP) is 2.67. The van der Waals surface area contributed by atoms with Gasteiger partial charge in [0.15, 0.2) is 0 Å². The van der Waals surface area contributed by atoms with Gasteiger partial charge in [-0.15, -0.1) is 0 Å². The van der Waals surface area contributed by atoms with Gasteiger partial charge >= 0.3 is 5.97 Å². The van der Waals surface area contributed by atoms with E-state index in [-0.39, 0.29) is 17.4 Å². The molecule has 0 radical (unpaired) electrons. The van der Waals surface area contributed by atoms with E-state index in [0.29, 0.717) is 12.8 Å². The number of hydrogen-bond acceptors (Lipinski definition) is 2. The second-order valence-corrected chi connectivity index (χ2v) is 6.48. The molecule has 4 nitrogen and oxygen atoms in total. The number of aliphatic carboxylic acids is 1. The molecule has 0 aromatic heterocycles. The van der Waals surface area contributed by atoms with Crippen molar-refractivity contribution in [1.29, 1.82) is 0 Å². The summed E-state index contributed by atoms with van der Waals surface area (Å²) in [7, 11) is 0. The van der Waals surface area contributed by atoms with Crippen molar-refractivity contribution in [1.82, 2.24) is 4.90 Å². The fourth-order valence-electron chi connectivity index (χ4n) is 3.06. The van der Waals surface area contributed by atoms with Crippen LogP contribution >= 0.6 is 0 Å². The zero-order valence-corrected chi connectivity index (χ0v) is 12.1. The van der Waals surface area contributed by atoms with Crippen LogP contribution in [-0.2, 0) is 9.59 Å². The molecule has 18 heavy (non-hydrogen) atoms. The highest BCUT2D eigenvalue weighted by atomic mass is 16.4. The van der Waals surface area contributed by atoms with Crippen molar-refractivity contribution in [2.75, 3.05) is 0 Å². The van der Waals surface area contributed by atoms with E-state index in [9.17, 15) is 14.7 Å². The number of carboxylic acid groups (broad SMARTS) is 1. The van der Waals surface area contributed by atoms with E-state index < -0.39 is 11.5 Å². The summed E-state index contributed by atoms with van der Waals surface area (Å²) in [5.74, 6) is -1.01. The Morgan fingerprint density at radius 1 is 1.11 bits per heavy atom. The highest BCUT2D eigenvalue weighted by Crippen LogP contribution is 2.43. The Kier molecular flexibility index (Phi) is 4.08. The second-order valence-electron chi connectivity index (χ2n) is 6.48. The van der Waals surface area contributed by atoms with Gasteiger partial charge in [0, 0.05) is 13.0 Å². The van der Waals surface area contributed by atoms with E-state index in [1.807, 2.05) is 13.8 Å².